The van der Waals surface area contributed by atoms with Gasteiger partial charge >= 0.3 is 0 Å². The number of aromatic hydroxyl groups is 1. The van der Waals surface area contributed by atoms with Gasteiger partial charge < -0.3 is 30.7 Å². The second kappa shape index (κ2) is 12.6. The highest BCUT2D eigenvalue weighted by Gasteiger charge is 2.32. The molecule has 2 aliphatic heterocycles. The molecule has 4 N–H and O–H groups in total. The van der Waals surface area contributed by atoms with E-state index in [9.17, 15) is 14.7 Å². The molecule has 0 fully saturated rings. The fourth-order valence-electron chi connectivity index (χ4n) is 5.02. The SMILES string of the molecule is COc1ccc2cc1Nc1ccc(cc1)C[C@H](NCc1cccc(O)c1)C(=O)N(C)[C@@H](C(=O)Nc1ccccc1)C2. The van der Waals surface area contributed by atoms with Gasteiger partial charge in [-0.05, 0) is 71.6 Å². The number of anilines is 3. The Morgan fingerprint density at radius 2 is 1.71 bits per heavy atom. The largest absolute Gasteiger partial charge is 0.508 e. The van der Waals surface area contributed by atoms with Gasteiger partial charge in [0, 0.05) is 31.4 Å². The van der Waals surface area contributed by atoms with Crippen molar-refractivity contribution in [3.8, 4) is 11.5 Å². The maximum atomic E-state index is 14.1. The van der Waals surface area contributed by atoms with Crippen molar-refractivity contribution in [2.45, 2.75) is 31.5 Å². The molecule has 4 bridgehead atoms. The first-order valence-corrected chi connectivity index (χ1v) is 13.6. The molecule has 6 rings (SSSR count). The molecule has 210 valence electrons. The number of rotatable bonds is 6. The number of carbonyl (C=O) groups excluding carboxylic acids is 2. The van der Waals surface area contributed by atoms with Crippen LogP contribution in [0.2, 0.25) is 0 Å². The first kappa shape index (κ1) is 27.7. The van der Waals surface area contributed by atoms with Gasteiger partial charge in [0.15, 0.2) is 0 Å². The molecular formula is C33H34N4O4. The molecule has 41 heavy (non-hydrogen) atoms. The van der Waals surface area contributed by atoms with Gasteiger partial charge in [-0.25, -0.2) is 0 Å². The molecule has 0 saturated heterocycles. The van der Waals surface area contributed by atoms with Crippen LogP contribution in [0.1, 0.15) is 16.7 Å². The number of hydrogen-bond donors (Lipinski definition) is 4. The summed E-state index contributed by atoms with van der Waals surface area (Å²) in [7, 11) is 3.30. The number of carbonyl (C=O) groups is 2. The first-order chi connectivity index (χ1) is 19.9. The van der Waals surface area contributed by atoms with Crippen LogP contribution in [-0.4, -0.2) is 48.1 Å². The topological polar surface area (TPSA) is 103 Å². The number of amides is 2. The van der Waals surface area contributed by atoms with Gasteiger partial charge in [-0.1, -0.05) is 48.5 Å². The third-order valence-corrected chi connectivity index (χ3v) is 7.29. The minimum atomic E-state index is -0.780. The fourth-order valence-corrected chi connectivity index (χ4v) is 5.02. The summed E-state index contributed by atoms with van der Waals surface area (Å²) in [5, 5.41) is 19.7. The highest BCUT2D eigenvalue weighted by atomic mass is 16.5. The number of methoxy groups -OCH3 is 1. The van der Waals surface area contributed by atoms with Crippen molar-refractivity contribution >= 4 is 28.9 Å². The van der Waals surface area contributed by atoms with Crippen molar-refractivity contribution in [3.05, 3.63) is 114 Å². The minimum Gasteiger partial charge on any atom is -0.508 e. The van der Waals surface area contributed by atoms with Crippen molar-refractivity contribution < 1.29 is 19.4 Å². The molecule has 0 unspecified atom stereocenters. The van der Waals surface area contributed by atoms with E-state index in [1.165, 1.54) is 4.90 Å². The Hall–Kier alpha value is -4.82. The van der Waals surface area contributed by atoms with Gasteiger partial charge in [0.2, 0.25) is 11.8 Å². The summed E-state index contributed by atoms with van der Waals surface area (Å²) in [5.41, 5.74) is 5.01. The van der Waals surface area contributed by atoms with Crippen LogP contribution in [0, 0.1) is 0 Å². The van der Waals surface area contributed by atoms with Crippen LogP contribution in [0.3, 0.4) is 0 Å². The third kappa shape index (κ3) is 6.85. The molecule has 0 saturated carbocycles. The van der Waals surface area contributed by atoms with Crippen LogP contribution in [0.5, 0.6) is 11.5 Å². The second-order valence-electron chi connectivity index (χ2n) is 10.2. The van der Waals surface area contributed by atoms with Crippen LogP contribution in [0.15, 0.2) is 97.1 Å². The van der Waals surface area contributed by atoms with E-state index in [1.54, 1.807) is 32.4 Å². The number of para-hydroxylation sites is 1. The summed E-state index contributed by atoms with van der Waals surface area (Å²) in [6.45, 7) is 0.376. The van der Waals surface area contributed by atoms with Crippen LogP contribution in [0.4, 0.5) is 17.1 Å². The van der Waals surface area contributed by atoms with Crippen molar-refractivity contribution in [1.82, 2.24) is 10.2 Å². The molecule has 0 aromatic heterocycles. The van der Waals surface area contributed by atoms with Crippen molar-refractivity contribution in [1.29, 1.82) is 0 Å². The first-order valence-electron chi connectivity index (χ1n) is 13.6. The number of hydrogen-bond acceptors (Lipinski definition) is 6. The van der Waals surface area contributed by atoms with E-state index in [2.05, 4.69) is 16.0 Å². The van der Waals surface area contributed by atoms with Crippen LogP contribution in [-0.2, 0) is 29.0 Å². The van der Waals surface area contributed by atoms with Gasteiger partial charge in [-0.2, -0.15) is 0 Å². The van der Waals surface area contributed by atoms with Crippen LogP contribution < -0.4 is 20.7 Å². The lowest BCUT2D eigenvalue weighted by Crippen LogP contribution is -2.53. The molecule has 0 aliphatic carbocycles. The molecule has 2 amide bonds. The number of phenolic OH excluding ortho intramolecular Hbond substituents is 1. The predicted molar refractivity (Wildman–Crippen MR) is 160 cm³/mol. The fraction of sp³-hybridized carbons (Fsp3) is 0.212. The van der Waals surface area contributed by atoms with E-state index in [1.807, 2.05) is 78.9 Å². The molecule has 0 spiro atoms. The molecule has 2 atom stereocenters. The molecule has 2 aliphatic rings. The normalized spacial score (nSPS) is 16.9. The molecule has 4 aromatic rings. The second-order valence-corrected chi connectivity index (χ2v) is 10.2. The van der Waals surface area contributed by atoms with Gasteiger partial charge in [0.1, 0.15) is 17.5 Å². The number of nitrogens with zero attached hydrogens (tertiary/aromatic N) is 1. The van der Waals surface area contributed by atoms with Crippen molar-refractivity contribution in [2.75, 3.05) is 24.8 Å². The number of likely N-dealkylation sites (N-methyl/N-ethyl adjacent to an activating group) is 1. The lowest BCUT2D eigenvalue weighted by molar-refractivity contribution is -0.138. The zero-order valence-electron chi connectivity index (χ0n) is 23.1. The van der Waals surface area contributed by atoms with Gasteiger partial charge in [0.25, 0.3) is 0 Å². The molecular weight excluding hydrogens is 516 g/mol. The summed E-state index contributed by atoms with van der Waals surface area (Å²) in [6, 6.07) is 28.4. The Kier molecular flexibility index (Phi) is 8.50. The van der Waals surface area contributed by atoms with E-state index in [0.29, 0.717) is 30.8 Å². The summed E-state index contributed by atoms with van der Waals surface area (Å²) in [5.74, 6) is 0.361. The number of ether oxygens (including phenoxy) is 1. The lowest BCUT2D eigenvalue weighted by Gasteiger charge is -2.32. The Balaban J connectivity index is 1.51. The number of fused-ring (bicyclic) bond motifs is 7. The highest BCUT2D eigenvalue weighted by molar-refractivity contribution is 5.98. The standard InChI is InChI=1S/C33H34N4O4/c1-37-30(32(39)36-25-8-4-3-5-9-25)20-23-13-16-31(41-2)28(19-23)35-26-14-11-22(12-15-26)18-29(33(37)40)34-21-24-7-6-10-27(38)17-24/h3-17,19,29-30,34-35,38H,18,20-21H2,1-2H3,(H,36,39)/t29-,30+/m0/s1. The van der Waals surface area contributed by atoms with Crippen LogP contribution >= 0.6 is 0 Å². The quantitative estimate of drug-likeness (QED) is 0.273. The Morgan fingerprint density at radius 1 is 0.951 bits per heavy atom. The highest BCUT2D eigenvalue weighted by Crippen LogP contribution is 2.30. The average molecular weight is 551 g/mol. The zero-order valence-corrected chi connectivity index (χ0v) is 23.1. The molecule has 0 radical (unpaired) electrons. The number of benzene rings is 4. The van der Waals surface area contributed by atoms with Gasteiger partial charge in [-0.15, -0.1) is 0 Å². The molecule has 8 nitrogen and oxygen atoms in total. The lowest BCUT2D eigenvalue weighted by atomic mass is 9.99. The summed E-state index contributed by atoms with van der Waals surface area (Å²) in [4.78, 5) is 29.3. The van der Waals surface area contributed by atoms with Gasteiger partial charge in [0.05, 0.1) is 18.8 Å². The van der Waals surface area contributed by atoms with Crippen molar-refractivity contribution in [3.63, 3.8) is 0 Å². The summed E-state index contributed by atoms with van der Waals surface area (Å²) >= 11 is 0. The van der Waals surface area contributed by atoms with E-state index < -0.39 is 12.1 Å². The summed E-state index contributed by atoms with van der Waals surface area (Å²) < 4.78 is 5.58. The van der Waals surface area contributed by atoms with Gasteiger partial charge in [-0.3, -0.25) is 9.59 Å². The van der Waals surface area contributed by atoms with E-state index in [0.717, 1.165) is 28.1 Å². The molecule has 4 aromatic carbocycles. The predicted octanol–water partition coefficient (Wildman–Crippen LogP) is 4.87. The minimum absolute atomic E-state index is 0.165. The average Bonchev–Trinajstić information content (AvgIpc) is 2.98. The number of nitrogens with one attached hydrogen (secondary N) is 3. The zero-order chi connectivity index (χ0) is 28.8. The smallest absolute Gasteiger partial charge is 0.247 e. The molecule has 8 heteroatoms. The van der Waals surface area contributed by atoms with E-state index in [4.69, 9.17) is 4.74 Å². The number of phenols is 1. The maximum absolute atomic E-state index is 14.1. The monoisotopic (exact) mass is 550 g/mol. The van der Waals surface area contributed by atoms with Crippen LogP contribution in [0.25, 0.3) is 0 Å². The maximum Gasteiger partial charge on any atom is 0.247 e. The Bertz CT molecular complexity index is 1510. The summed E-state index contributed by atoms with van der Waals surface area (Å²) in [6.07, 6.45) is 0.723. The third-order valence-electron chi connectivity index (χ3n) is 7.29. The molecule has 2 heterocycles. The van der Waals surface area contributed by atoms with Crippen molar-refractivity contribution in [2.24, 2.45) is 0 Å². The van der Waals surface area contributed by atoms with E-state index in [-0.39, 0.29) is 17.6 Å². The Labute approximate surface area is 240 Å². The van der Waals surface area contributed by atoms with E-state index >= 15 is 0 Å². The Morgan fingerprint density at radius 3 is 2.44 bits per heavy atom.